The van der Waals surface area contributed by atoms with E-state index in [0.717, 1.165) is 31.4 Å². The first-order valence-corrected chi connectivity index (χ1v) is 9.59. The van der Waals surface area contributed by atoms with Crippen molar-refractivity contribution in [1.29, 1.82) is 0 Å². The molecule has 1 aliphatic heterocycles. The smallest absolute Gasteiger partial charge is 0.226 e. The first kappa shape index (κ1) is 16.9. The third-order valence-corrected chi connectivity index (χ3v) is 6.71. The fourth-order valence-electron chi connectivity index (χ4n) is 4.90. The van der Waals surface area contributed by atoms with Crippen molar-refractivity contribution in [3.05, 3.63) is 59.7 Å². The first-order valence-electron chi connectivity index (χ1n) is 9.59. The zero-order chi connectivity index (χ0) is 18.8. The molecule has 140 valence electrons. The highest BCUT2D eigenvalue weighted by Gasteiger charge is 2.55. The van der Waals surface area contributed by atoms with Gasteiger partial charge in [-0.2, -0.15) is 0 Å². The summed E-state index contributed by atoms with van der Waals surface area (Å²) in [5.41, 5.74) is 7.56. The van der Waals surface area contributed by atoms with Gasteiger partial charge in [0.25, 0.3) is 0 Å². The van der Waals surface area contributed by atoms with Crippen LogP contribution in [0.25, 0.3) is 11.1 Å². The lowest BCUT2D eigenvalue weighted by Gasteiger charge is -2.39. The number of rotatable bonds is 3. The Balaban J connectivity index is 1.41. The van der Waals surface area contributed by atoms with E-state index in [2.05, 4.69) is 0 Å². The molecule has 0 aromatic heterocycles. The minimum absolute atomic E-state index is 0.00803. The minimum atomic E-state index is -0.577. The number of nitrogens with zero attached hydrogens (tertiary/aromatic N) is 1. The van der Waals surface area contributed by atoms with Crippen LogP contribution in [0.15, 0.2) is 42.5 Å². The molecule has 1 heterocycles. The molecule has 27 heavy (non-hydrogen) atoms. The van der Waals surface area contributed by atoms with E-state index in [1.807, 2.05) is 17.0 Å². The molecule has 5 heteroatoms. The maximum Gasteiger partial charge on any atom is 0.226 e. The third-order valence-electron chi connectivity index (χ3n) is 6.71. The summed E-state index contributed by atoms with van der Waals surface area (Å²) in [6.07, 6.45) is 2.82. The van der Waals surface area contributed by atoms with Crippen molar-refractivity contribution < 1.29 is 13.6 Å². The van der Waals surface area contributed by atoms with Gasteiger partial charge in [0.2, 0.25) is 5.91 Å². The summed E-state index contributed by atoms with van der Waals surface area (Å²) in [5.74, 6) is -0.678. The molecule has 5 rings (SSSR count). The Morgan fingerprint density at radius 2 is 1.85 bits per heavy atom. The number of carbonyl (C=O) groups excluding carboxylic acids is 1. The van der Waals surface area contributed by atoms with Crippen LogP contribution in [0.4, 0.5) is 8.78 Å². The fourth-order valence-corrected chi connectivity index (χ4v) is 4.90. The lowest BCUT2D eigenvalue weighted by Crippen LogP contribution is -2.54. The van der Waals surface area contributed by atoms with Crippen molar-refractivity contribution in [1.82, 2.24) is 4.90 Å². The average Bonchev–Trinajstić information content (AvgIpc) is 3.40. The van der Waals surface area contributed by atoms with Gasteiger partial charge in [-0.25, -0.2) is 8.78 Å². The highest BCUT2D eigenvalue weighted by molar-refractivity contribution is 5.85. The van der Waals surface area contributed by atoms with Crippen LogP contribution in [0, 0.1) is 23.5 Å². The average molecular weight is 368 g/mol. The molecule has 2 saturated carbocycles. The SMILES string of the molecule is NC12CCC1CN(C(=O)C1CC1c1ccccc1-c1c(F)cccc1F)C2. The second kappa shape index (κ2) is 5.86. The topological polar surface area (TPSA) is 46.3 Å². The number of carbonyl (C=O) groups is 1. The van der Waals surface area contributed by atoms with Gasteiger partial charge in [0.1, 0.15) is 11.6 Å². The first-order chi connectivity index (χ1) is 13.0. The Morgan fingerprint density at radius 3 is 2.48 bits per heavy atom. The molecule has 4 atom stereocenters. The Morgan fingerprint density at radius 1 is 1.11 bits per heavy atom. The Kier molecular flexibility index (Phi) is 3.66. The molecule has 1 saturated heterocycles. The van der Waals surface area contributed by atoms with Gasteiger partial charge in [-0.1, -0.05) is 30.3 Å². The van der Waals surface area contributed by atoms with E-state index in [1.165, 1.54) is 18.2 Å². The summed E-state index contributed by atoms with van der Waals surface area (Å²) < 4.78 is 28.6. The largest absolute Gasteiger partial charge is 0.340 e. The maximum absolute atomic E-state index is 14.3. The maximum atomic E-state index is 14.3. The van der Waals surface area contributed by atoms with Crippen LogP contribution in [0.2, 0.25) is 0 Å². The van der Waals surface area contributed by atoms with Crippen LogP contribution in [0.1, 0.15) is 30.7 Å². The third kappa shape index (κ3) is 2.59. The van der Waals surface area contributed by atoms with Crippen molar-refractivity contribution in [3.8, 4) is 11.1 Å². The van der Waals surface area contributed by atoms with Gasteiger partial charge < -0.3 is 10.6 Å². The zero-order valence-corrected chi connectivity index (χ0v) is 15.0. The molecule has 3 fully saturated rings. The number of hydrogen-bond donors (Lipinski definition) is 1. The van der Waals surface area contributed by atoms with Crippen molar-refractivity contribution in [3.63, 3.8) is 0 Å². The van der Waals surface area contributed by atoms with Crippen LogP contribution >= 0.6 is 0 Å². The molecule has 2 aromatic carbocycles. The van der Waals surface area contributed by atoms with E-state index in [4.69, 9.17) is 5.73 Å². The normalized spacial score (nSPS) is 31.4. The Hall–Kier alpha value is -2.27. The number of fused-ring (bicyclic) bond motifs is 1. The monoisotopic (exact) mass is 368 g/mol. The predicted molar refractivity (Wildman–Crippen MR) is 98.9 cm³/mol. The molecule has 3 nitrogen and oxygen atoms in total. The molecule has 4 unspecified atom stereocenters. The van der Waals surface area contributed by atoms with Crippen LogP contribution < -0.4 is 5.73 Å². The molecule has 0 spiro atoms. The minimum Gasteiger partial charge on any atom is -0.340 e. The van der Waals surface area contributed by atoms with Gasteiger partial charge in [0, 0.05) is 24.5 Å². The molecular weight excluding hydrogens is 346 g/mol. The summed E-state index contributed by atoms with van der Waals surface area (Å²) in [5, 5.41) is 0. The molecule has 3 aliphatic rings. The van der Waals surface area contributed by atoms with Gasteiger partial charge in [0.05, 0.1) is 5.56 Å². The van der Waals surface area contributed by atoms with Crippen molar-refractivity contribution in [2.75, 3.05) is 13.1 Å². The Labute approximate surface area is 157 Å². The van der Waals surface area contributed by atoms with Gasteiger partial charge in [-0.3, -0.25) is 4.79 Å². The highest BCUT2D eigenvalue weighted by atomic mass is 19.1. The summed E-state index contributed by atoms with van der Waals surface area (Å²) in [7, 11) is 0. The number of benzene rings is 2. The highest BCUT2D eigenvalue weighted by Crippen LogP contribution is 2.53. The molecular formula is C22H22F2N2O. The van der Waals surface area contributed by atoms with Crippen LogP contribution in [0.5, 0.6) is 0 Å². The standard InChI is InChI=1S/C22H22F2N2O/c23-18-6-3-7-19(24)20(18)15-5-2-1-4-14(15)16-10-17(16)21(27)26-11-13-8-9-22(13,25)12-26/h1-7,13,16-17H,8-12,25H2. The van der Waals surface area contributed by atoms with E-state index < -0.39 is 11.6 Å². The van der Waals surface area contributed by atoms with E-state index in [-0.39, 0.29) is 28.8 Å². The van der Waals surface area contributed by atoms with Crippen LogP contribution in [-0.2, 0) is 4.79 Å². The summed E-state index contributed by atoms with van der Waals surface area (Å²) in [6.45, 7) is 1.39. The lowest BCUT2D eigenvalue weighted by atomic mass is 9.70. The molecule has 2 aromatic rings. The summed E-state index contributed by atoms with van der Waals surface area (Å²) in [4.78, 5) is 14.9. The molecule has 1 amide bonds. The van der Waals surface area contributed by atoms with E-state index >= 15 is 0 Å². The van der Waals surface area contributed by atoms with Gasteiger partial charge in [-0.15, -0.1) is 0 Å². The van der Waals surface area contributed by atoms with Gasteiger partial charge in [-0.05, 0) is 54.4 Å². The number of amides is 1. The number of nitrogens with two attached hydrogens (primary N) is 1. The predicted octanol–water partition coefficient (Wildman–Crippen LogP) is 3.69. The van der Waals surface area contributed by atoms with Crippen molar-refractivity contribution in [2.45, 2.75) is 30.7 Å². The molecule has 2 aliphatic carbocycles. The number of hydrogen-bond acceptors (Lipinski definition) is 2. The lowest BCUT2D eigenvalue weighted by molar-refractivity contribution is -0.131. The van der Waals surface area contributed by atoms with Crippen LogP contribution in [0.3, 0.4) is 0 Å². The van der Waals surface area contributed by atoms with E-state index in [9.17, 15) is 13.6 Å². The molecule has 0 bridgehead atoms. The Bertz CT molecular complexity index is 910. The van der Waals surface area contributed by atoms with Crippen molar-refractivity contribution >= 4 is 5.91 Å². The molecule has 0 radical (unpaired) electrons. The van der Waals surface area contributed by atoms with E-state index in [0.29, 0.717) is 18.0 Å². The zero-order valence-electron chi connectivity index (χ0n) is 15.0. The van der Waals surface area contributed by atoms with E-state index in [1.54, 1.807) is 12.1 Å². The quantitative estimate of drug-likeness (QED) is 0.898. The summed E-state index contributed by atoms with van der Waals surface area (Å²) >= 11 is 0. The summed E-state index contributed by atoms with van der Waals surface area (Å²) in [6, 6.07) is 11.2. The number of likely N-dealkylation sites (tertiary alicyclic amines) is 1. The second-order valence-corrected chi connectivity index (χ2v) is 8.32. The van der Waals surface area contributed by atoms with Crippen molar-refractivity contribution in [2.24, 2.45) is 17.6 Å². The van der Waals surface area contributed by atoms with Crippen LogP contribution in [-0.4, -0.2) is 29.4 Å². The van der Waals surface area contributed by atoms with Gasteiger partial charge in [0.15, 0.2) is 0 Å². The second-order valence-electron chi connectivity index (χ2n) is 8.32. The van der Waals surface area contributed by atoms with Gasteiger partial charge >= 0.3 is 0 Å². The molecule has 2 N–H and O–H groups in total. The number of halogens is 2. The fraction of sp³-hybridized carbons (Fsp3) is 0.409.